The smallest absolute Gasteiger partial charge is 0.205 e. The summed E-state index contributed by atoms with van der Waals surface area (Å²) in [4.78, 5) is 14.0. The Morgan fingerprint density at radius 1 is 1.33 bits per heavy atom. The number of thiophene rings is 1. The standard InChI is InChI=1S/C12H8BrCl2NOS/c1-5-2-8(13)12(18-5)11(17)7-3-6(16)4-9(14)10(7)15/h2-4H,16H2,1H3. The number of ketones is 1. The summed E-state index contributed by atoms with van der Waals surface area (Å²) in [6.45, 7) is 1.93. The lowest BCUT2D eigenvalue weighted by atomic mass is 10.1. The zero-order valence-electron chi connectivity index (χ0n) is 9.26. The number of hydrogen-bond acceptors (Lipinski definition) is 3. The van der Waals surface area contributed by atoms with Crippen LogP contribution in [0.3, 0.4) is 0 Å². The second-order valence-electron chi connectivity index (χ2n) is 3.73. The van der Waals surface area contributed by atoms with Crippen LogP contribution in [0.1, 0.15) is 20.1 Å². The molecule has 1 aromatic carbocycles. The molecule has 2 aromatic rings. The molecule has 0 saturated heterocycles. The van der Waals surface area contributed by atoms with Gasteiger partial charge in [0.1, 0.15) is 0 Å². The Bertz CT molecular complexity index is 639. The van der Waals surface area contributed by atoms with E-state index in [1.54, 1.807) is 0 Å². The van der Waals surface area contributed by atoms with Crippen molar-refractivity contribution in [1.29, 1.82) is 0 Å². The Morgan fingerprint density at radius 3 is 2.56 bits per heavy atom. The van der Waals surface area contributed by atoms with E-state index in [9.17, 15) is 4.79 Å². The second-order valence-corrected chi connectivity index (χ2v) is 6.62. The highest BCUT2D eigenvalue weighted by Crippen LogP contribution is 2.34. The fourth-order valence-electron chi connectivity index (χ4n) is 1.54. The van der Waals surface area contributed by atoms with E-state index >= 15 is 0 Å². The number of halogens is 3. The average Bonchev–Trinajstić information content (AvgIpc) is 2.62. The number of rotatable bonds is 2. The summed E-state index contributed by atoms with van der Waals surface area (Å²) in [5.41, 5.74) is 6.42. The van der Waals surface area contributed by atoms with Gasteiger partial charge in [0.15, 0.2) is 0 Å². The molecule has 18 heavy (non-hydrogen) atoms. The van der Waals surface area contributed by atoms with Crippen molar-refractivity contribution in [3.05, 3.63) is 48.0 Å². The molecule has 0 fully saturated rings. The largest absolute Gasteiger partial charge is 0.399 e. The fourth-order valence-corrected chi connectivity index (χ4v) is 3.73. The van der Waals surface area contributed by atoms with Crippen LogP contribution in [-0.2, 0) is 0 Å². The van der Waals surface area contributed by atoms with Crippen LogP contribution in [0.5, 0.6) is 0 Å². The van der Waals surface area contributed by atoms with Crippen LogP contribution < -0.4 is 5.73 Å². The highest BCUT2D eigenvalue weighted by Gasteiger charge is 2.20. The lowest BCUT2D eigenvalue weighted by Gasteiger charge is -2.06. The summed E-state index contributed by atoms with van der Waals surface area (Å²) < 4.78 is 0.754. The molecule has 1 heterocycles. The first-order valence-electron chi connectivity index (χ1n) is 4.95. The Hall–Kier alpha value is -0.550. The van der Waals surface area contributed by atoms with Crippen molar-refractivity contribution in [3.63, 3.8) is 0 Å². The van der Waals surface area contributed by atoms with E-state index in [2.05, 4.69) is 15.9 Å². The van der Waals surface area contributed by atoms with Gasteiger partial charge in [0.25, 0.3) is 0 Å². The number of carbonyl (C=O) groups is 1. The van der Waals surface area contributed by atoms with Crippen molar-refractivity contribution in [3.8, 4) is 0 Å². The minimum atomic E-state index is -0.181. The van der Waals surface area contributed by atoms with Crippen LogP contribution >= 0.6 is 50.5 Å². The van der Waals surface area contributed by atoms with Crippen LogP contribution in [0.25, 0.3) is 0 Å². The molecule has 0 amide bonds. The summed E-state index contributed by atoms with van der Waals surface area (Å²) >= 11 is 16.7. The molecule has 0 saturated carbocycles. The molecule has 2 N–H and O–H groups in total. The normalized spacial score (nSPS) is 10.7. The van der Waals surface area contributed by atoms with E-state index in [4.69, 9.17) is 28.9 Å². The molecule has 2 nitrogen and oxygen atoms in total. The minimum Gasteiger partial charge on any atom is -0.399 e. The first kappa shape index (κ1) is 13.9. The molecular weight excluding hydrogens is 357 g/mol. The van der Waals surface area contributed by atoms with Crippen molar-refractivity contribution in [1.82, 2.24) is 0 Å². The molecule has 94 valence electrons. The summed E-state index contributed by atoms with van der Waals surface area (Å²) in [6, 6.07) is 4.95. The van der Waals surface area contributed by atoms with Gasteiger partial charge in [-0.2, -0.15) is 0 Å². The van der Waals surface area contributed by atoms with Crippen molar-refractivity contribution >= 4 is 61.9 Å². The van der Waals surface area contributed by atoms with Gasteiger partial charge < -0.3 is 5.73 Å². The van der Waals surface area contributed by atoms with Gasteiger partial charge >= 0.3 is 0 Å². The van der Waals surface area contributed by atoms with Gasteiger partial charge in [-0.3, -0.25) is 4.79 Å². The fraction of sp³-hybridized carbons (Fsp3) is 0.0833. The summed E-state index contributed by atoms with van der Waals surface area (Å²) in [5, 5.41) is 0.512. The van der Waals surface area contributed by atoms with E-state index < -0.39 is 0 Å². The van der Waals surface area contributed by atoms with E-state index in [0.29, 0.717) is 16.1 Å². The third kappa shape index (κ3) is 2.57. The van der Waals surface area contributed by atoms with Gasteiger partial charge in [-0.05, 0) is 41.1 Å². The molecule has 0 unspecified atom stereocenters. The lowest BCUT2D eigenvalue weighted by molar-refractivity contribution is 0.104. The van der Waals surface area contributed by atoms with E-state index in [-0.39, 0.29) is 15.8 Å². The number of hydrogen-bond donors (Lipinski definition) is 1. The molecule has 1 aromatic heterocycles. The number of carbonyl (C=O) groups excluding carboxylic acids is 1. The zero-order chi connectivity index (χ0) is 13.4. The summed E-state index contributed by atoms with van der Waals surface area (Å²) in [5.74, 6) is -0.181. The second kappa shape index (κ2) is 5.21. The van der Waals surface area contributed by atoms with Gasteiger partial charge in [0.2, 0.25) is 5.78 Å². The number of aryl methyl sites for hydroxylation is 1. The van der Waals surface area contributed by atoms with Crippen molar-refractivity contribution in [2.24, 2.45) is 0 Å². The number of anilines is 1. The Morgan fingerprint density at radius 2 is 2.00 bits per heavy atom. The highest BCUT2D eigenvalue weighted by molar-refractivity contribution is 9.10. The van der Waals surface area contributed by atoms with Crippen molar-refractivity contribution < 1.29 is 4.79 Å². The third-order valence-corrected chi connectivity index (χ3v) is 5.05. The number of nitrogen functional groups attached to an aromatic ring is 1. The Labute approximate surface area is 127 Å². The maximum Gasteiger partial charge on any atom is 0.205 e. The summed E-state index contributed by atoms with van der Waals surface area (Å²) in [7, 11) is 0. The monoisotopic (exact) mass is 363 g/mol. The molecule has 0 aliphatic rings. The van der Waals surface area contributed by atoms with Crippen molar-refractivity contribution in [2.45, 2.75) is 6.92 Å². The Kier molecular flexibility index (Phi) is 4.02. The van der Waals surface area contributed by atoms with E-state index in [0.717, 1.165) is 9.35 Å². The molecule has 0 atom stereocenters. The molecule has 0 spiro atoms. The molecule has 2 rings (SSSR count). The van der Waals surface area contributed by atoms with Crippen LogP contribution in [0.2, 0.25) is 10.0 Å². The van der Waals surface area contributed by atoms with E-state index in [1.807, 2.05) is 13.0 Å². The molecular formula is C12H8BrCl2NOS. The Balaban J connectivity index is 2.56. The van der Waals surface area contributed by atoms with Gasteiger partial charge in [-0.15, -0.1) is 11.3 Å². The molecule has 0 bridgehead atoms. The quantitative estimate of drug-likeness (QED) is 0.605. The van der Waals surface area contributed by atoms with Gasteiger partial charge in [0, 0.05) is 20.6 Å². The topological polar surface area (TPSA) is 43.1 Å². The maximum atomic E-state index is 12.4. The average molecular weight is 365 g/mol. The predicted octanol–water partition coefficient (Wildman–Crippen LogP) is 4.94. The molecule has 0 aliphatic heterocycles. The molecule has 0 aliphatic carbocycles. The highest BCUT2D eigenvalue weighted by atomic mass is 79.9. The van der Waals surface area contributed by atoms with Gasteiger partial charge in [-0.25, -0.2) is 0 Å². The van der Waals surface area contributed by atoms with Crippen LogP contribution in [0.4, 0.5) is 5.69 Å². The third-order valence-electron chi connectivity index (χ3n) is 2.31. The molecule has 6 heteroatoms. The predicted molar refractivity (Wildman–Crippen MR) is 81.1 cm³/mol. The lowest BCUT2D eigenvalue weighted by Crippen LogP contribution is -2.02. The zero-order valence-corrected chi connectivity index (χ0v) is 13.2. The number of benzene rings is 1. The SMILES string of the molecule is Cc1cc(Br)c(C(=O)c2cc(N)cc(Cl)c2Cl)s1. The number of nitrogens with two attached hydrogens (primary N) is 1. The minimum absolute atomic E-state index is 0.181. The molecule has 0 radical (unpaired) electrons. The maximum absolute atomic E-state index is 12.4. The van der Waals surface area contributed by atoms with Crippen LogP contribution in [-0.4, -0.2) is 5.78 Å². The summed E-state index contributed by atoms with van der Waals surface area (Å²) in [6.07, 6.45) is 0. The van der Waals surface area contributed by atoms with Gasteiger partial charge in [0.05, 0.1) is 14.9 Å². The van der Waals surface area contributed by atoms with Crippen molar-refractivity contribution in [2.75, 3.05) is 5.73 Å². The van der Waals surface area contributed by atoms with E-state index in [1.165, 1.54) is 23.5 Å². The first-order valence-corrected chi connectivity index (χ1v) is 7.32. The van der Waals surface area contributed by atoms with Gasteiger partial charge in [-0.1, -0.05) is 23.2 Å². The van der Waals surface area contributed by atoms with Crippen LogP contribution in [0, 0.1) is 6.92 Å². The van der Waals surface area contributed by atoms with Crippen LogP contribution in [0.15, 0.2) is 22.7 Å². The first-order chi connectivity index (χ1) is 8.40.